The third-order valence-electron chi connectivity index (χ3n) is 4.99. The molecule has 0 aliphatic carbocycles. The molecule has 4 rings (SSSR count). The number of hydrogen-bond donors (Lipinski definition) is 1. The molecule has 0 spiro atoms. The number of halogens is 3. The summed E-state index contributed by atoms with van der Waals surface area (Å²) in [5.74, 6) is -0.525. The van der Waals surface area contributed by atoms with E-state index < -0.39 is 17.6 Å². The molecule has 1 heterocycles. The SMILES string of the molecule is O=C(NCc1ccc(C(F)(F)F)cc1)c1nn(Cc2ccccc2)c(=O)c2ccccc12. The van der Waals surface area contributed by atoms with Gasteiger partial charge in [-0.1, -0.05) is 60.7 Å². The second kappa shape index (κ2) is 8.66. The van der Waals surface area contributed by atoms with Crippen molar-refractivity contribution in [2.45, 2.75) is 19.3 Å². The van der Waals surface area contributed by atoms with Gasteiger partial charge >= 0.3 is 6.18 Å². The van der Waals surface area contributed by atoms with Crippen molar-refractivity contribution in [3.63, 3.8) is 0 Å². The Balaban J connectivity index is 1.62. The maximum absolute atomic E-state index is 12.9. The van der Waals surface area contributed by atoms with Gasteiger partial charge in [-0.15, -0.1) is 0 Å². The van der Waals surface area contributed by atoms with E-state index in [9.17, 15) is 22.8 Å². The van der Waals surface area contributed by atoms with Gasteiger partial charge < -0.3 is 5.32 Å². The largest absolute Gasteiger partial charge is 0.416 e. The number of nitrogens with zero attached hydrogens (tertiary/aromatic N) is 2. The van der Waals surface area contributed by atoms with Crippen molar-refractivity contribution in [1.82, 2.24) is 15.1 Å². The highest BCUT2D eigenvalue weighted by atomic mass is 19.4. The number of nitrogens with one attached hydrogen (secondary N) is 1. The predicted octanol–water partition coefficient (Wildman–Crippen LogP) is 4.39. The lowest BCUT2D eigenvalue weighted by atomic mass is 10.1. The van der Waals surface area contributed by atoms with Crippen molar-refractivity contribution in [1.29, 1.82) is 0 Å². The Morgan fingerprint density at radius 1 is 0.844 bits per heavy atom. The topological polar surface area (TPSA) is 64.0 Å². The second-order valence-corrected chi connectivity index (χ2v) is 7.22. The summed E-state index contributed by atoms with van der Waals surface area (Å²) in [7, 11) is 0. The van der Waals surface area contributed by atoms with E-state index in [0.29, 0.717) is 16.3 Å². The van der Waals surface area contributed by atoms with E-state index in [1.165, 1.54) is 16.8 Å². The molecule has 0 fully saturated rings. The minimum Gasteiger partial charge on any atom is -0.347 e. The fourth-order valence-corrected chi connectivity index (χ4v) is 3.34. The molecule has 0 aliphatic heterocycles. The molecule has 0 saturated carbocycles. The van der Waals surface area contributed by atoms with Gasteiger partial charge in [-0.2, -0.15) is 18.3 Å². The normalized spacial score (nSPS) is 11.5. The van der Waals surface area contributed by atoms with Crippen molar-refractivity contribution >= 4 is 16.7 Å². The van der Waals surface area contributed by atoms with Gasteiger partial charge in [0.15, 0.2) is 5.69 Å². The lowest BCUT2D eigenvalue weighted by Crippen LogP contribution is -2.30. The Bertz CT molecular complexity index is 1310. The molecule has 5 nitrogen and oxygen atoms in total. The number of benzene rings is 3. The number of hydrogen-bond acceptors (Lipinski definition) is 3. The van der Waals surface area contributed by atoms with Crippen LogP contribution in [0.5, 0.6) is 0 Å². The summed E-state index contributed by atoms with van der Waals surface area (Å²) >= 11 is 0. The van der Waals surface area contributed by atoms with E-state index in [-0.39, 0.29) is 24.3 Å². The first-order valence-corrected chi connectivity index (χ1v) is 9.81. The van der Waals surface area contributed by atoms with Crippen LogP contribution >= 0.6 is 0 Å². The quantitative estimate of drug-likeness (QED) is 0.504. The van der Waals surface area contributed by atoms with Gasteiger partial charge in [0.05, 0.1) is 17.5 Å². The highest BCUT2D eigenvalue weighted by Gasteiger charge is 2.29. The summed E-state index contributed by atoms with van der Waals surface area (Å²) in [6.07, 6.45) is -4.42. The standard InChI is InChI=1S/C24H18F3N3O2/c25-24(26,27)18-12-10-16(11-13-18)14-28-22(31)21-19-8-4-5-9-20(19)23(32)30(29-21)15-17-6-2-1-3-7-17/h1-13H,14-15H2,(H,28,31). The fourth-order valence-electron chi connectivity index (χ4n) is 3.34. The number of rotatable bonds is 5. The van der Waals surface area contributed by atoms with Gasteiger partial charge in [-0.25, -0.2) is 4.68 Å². The lowest BCUT2D eigenvalue weighted by Gasteiger charge is -2.12. The van der Waals surface area contributed by atoms with Crippen molar-refractivity contribution in [3.8, 4) is 0 Å². The summed E-state index contributed by atoms with van der Waals surface area (Å²) in [5, 5.41) is 7.74. The molecule has 0 unspecified atom stereocenters. The zero-order valence-electron chi connectivity index (χ0n) is 16.8. The molecule has 1 amide bonds. The van der Waals surface area contributed by atoms with E-state index in [1.54, 1.807) is 24.3 Å². The molecule has 3 aromatic carbocycles. The number of carbonyl (C=O) groups excluding carboxylic acids is 1. The average molecular weight is 437 g/mol. The van der Waals surface area contributed by atoms with Gasteiger partial charge in [0.25, 0.3) is 11.5 Å². The third-order valence-corrected chi connectivity index (χ3v) is 4.99. The maximum Gasteiger partial charge on any atom is 0.416 e. The number of fused-ring (bicyclic) bond motifs is 1. The first-order valence-electron chi connectivity index (χ1n) is 9.81. The molecular formula is C24H18F3N3O2. The summed E-state index contributed by atoms with van der Waals surface area (Å²) in [4.78, 5) is 25.8. The van der Waals surface area contributed by atoms with E-state index in [2.05, 4.69) is 10.4 Å². The predicted molar refractivity (Wildman–Crippen MR) is 114 cm³/mol. The minimum atomic E-state index is -4.42. The lowest BCUT2D eigenvalue weighted by molar-refractivity contribution is -0.137. The van der Waals surface area contributed by atoms with E-state index in [0.717, 1.165) is 17.7 Å². The molecule has 8 heteroatoms. The van der Waals surface area contributed by atoms with Crippen molar-refractivity contribution in [2.75, 3.05) is 0 Å². The van der Waals surface area contributed by atoms with Crippen LogP contribution in [-0.2, 0) is 19.3 Å². The molecule has 0 radical (unpaired) electrons. The molecule has 1 aromatic heterocycles. The molecular weight excluding hydrogens is 419 g/mol. The molecule has 1 N–H and O–H groups in total. The molecule has 0 bridgehead atoms. The van der Waals surface area contributed by atoms with Crippen LogP contribution in [0, 0.1) is 0 Å². The van der Waals surface area contributed by atoms with Crippen molar-refractivity contribution in [3.05, 3.63) is 112 Å². The van der Waals surface area contributed by atoms with Crippen LogP contribution in [0.4, 0.5) is 13.2 Å². The van der Waals surface area contributed by atoms with Crippen LogP contribution in [0.15, 0.2) is 83.7 Å². The van der Waals surface area contributed by atoms with E-state index in [4.69, 9.17) is 0 Å². The Labute approximate surface area is 181 Å². The maximum atomic E-state index is 12.9. The molecule has 0 atom stereocenters. The summed E-state index contributed by atoms with van der Waals surface area (Å²) in [5.41, 5.74) is 0.363. The molecule has 162 valence electrons. The monoisotopic (exact) mass is 437 g/mol. The fraction of sp³-hybridized carbons (Fsp3) is 0.125. The molecule has 0 aliphatic rings. The van der Waals surface area contributed by atoms with Crippen molar-refractivity contribution in [2.24, 2.45) is 0 Å². The summed E-state index contributed by atoms with van der Waals surface area (Å²) in [6, 6.07) is 20.5. The first-order chi connectivity index (χ1) is 15.3. The minimum absolute atomic E-state index is 0.0186. The molecule has 0 saturated heterocycles. The van der Waals surface area contributed by atoms with Gasteiger partial charge in [-0.3, -0.25) is 9.59 Å². The number of amides is 1. The van der Waals surface area contributed by atoms with Crippen LogP contribution in [0.25, 0.3) is 10.8 Å². The number of aromatic nitrogens is 2. The number of carbonyl (C=O) groups is 1. The Kier molecular flexibility index (Phi) is 5.77. The van der Waals surface area contributed by atoms with Crippen LogP contribution in [0.2, 0.25) is 0 Å². The Hall–Kier alpha value is -3.94. The van der Waals surface area contributed by atoms with Gasteiger partial charge in [-0.05, 0) is 29.3 Å². The second-order valence-electron chi connectivity index (χ2n) is 7.22. The summed E-state index contributed by atoms with van der Waals surface area (Å²) in [6.45, 7) is 0.217. The van der Waals surface area contributed by atoms with Crippen LogP contribution in [-0.4, -0.2) is 15.7 Å². The average Bonchev–Trinajstić information content (AvgIpc) is 2.80. The van der Waals surface area contributed by atoms with E-state index in [1.807, 2.05) is 30.3 Å². The van der Waals surface area contributed by atoms with Crippen LogP contribution < -0.4 is 10.9 Å². The Morgan fingerprint density at radius 2 is 1.47 bits per heavy atom. The Morgan fingerprint density at radius 3 is 2.12 bits per heavy atom. The smallest absolute Gasteiger partial charge is 0.347 e. The zero-order chi connectivity index (χ0) is 22.7. The van der Waals surface area contributed by atoms with E-state index >= 15 is 0 Å². The number of alkyl halides is 3. The first kappa shape index (κ1) is 21.3. The highest BCUT2D eigenvalue weighted by molar-refractivity contribution is 6.04. The van der Waals surface area contributed by atoms with Crippen molar-refractivity contribution < 1.29 is 18.0 Å². The van der Waals surface area contributed by atoms with Crippen LogP contribution in [0.3, 0.4) is 0 Å². The van der Waals surface area contributed by atoms with Gasteiger partial charge in [0, 0.05) is 11.9 Å². The van der Waals surface area contributed by atoms with Crippen LogP contribution in [0.1, 0.15) is 27.2 Å². The third kappa shape index (κ3) is 4.54. The molecule has 32 heavy (non-hydrogen) atoms. The van der Waals surface area contributed by atoms with Gasteiger partial charge in [0.1, 0.15) is 0 Å². The molecule has 4 aromatic rings. The van der Waals surface area contributed by atoms with Gasteiger partial charge in [0.2, 0.25) is 0 Å². The summed E-state index contributed by atoms with van der Waals surface area (Å²) < 4.78 is 39.4. The highest BCUT2D eigenvalue weighted by Crippen LogP contribution is 2.29. The zero-order valence-corrected chi connectivity index (χ0v) is 16.8.